The molecule has 2 aromatic heterocycles. The zero-order valence-corrected chi connectivity index (χ0v) is 19.1. The smallest absolute Gasteiger partial charge is 0.332 e. The molecule has 1 N–H and O–H groups in total. The van der Waals surface area contributed by atoms with E-state index in [4.69, 9.17) is 9.47 Å². The van der Waals surface area contributed by atoms with Gasteiger partial charge in [-0.1, -0.05) is 30.3 Å². The second-order valence-electron chi connectivity index (χ2n) is 7.18. The Kier molecular flexibility index (Phi) is 6.60. The molecule has 0 aliphatic heterocycles. The average molecular weight is 466 g/mol. The number of amides is 1. The summed E-state index contributed by atoms with van der Waals surface area (Å²) in [6.45, 7) is 2.09. The number of hydrogen-bond donors (Lipinski definition) is 1. The van der Waals surface area contributed by atoms with E-state index in [-0.39, 0.29) is 13.1 Å². The third kappa shape index (κ3) is 4.54. The van der Waals surface area contributed by atoms with E-state index in [1.165, 1.54) is 23.0 Å². The van der Waals surface area contributed by atoms with E-state index in [0.29, 0.717) is 39.6 Å². The van der Waals surface area contributed by atoms with E-state index in [1.54, 1.807) is 41.8 Å². The molecule has 2 heterocycles. The van der Waals surface area contributed by atoms with Gasteiger partial charge in [-0.3, -0.25) is 18.7 Å². The third-order valence-corrected chi connectivity index (χ3v) is 6.01. The zero-order valence-electron chi connectivity index (χ0n) is 18.2. The standard InChI is InChI=1S/C24H23N3O5S/c1-3-32-20-11-7-5-9-17(20)25-21(28)15-26-18-12-13-33-22(18)23(29)27(24(26)30)14-16-8-4-6-10-19(16)31-2/h4-13H,3,14-15H2,1-2H3,(H,25,28). The molecule has 0 radical (unpaired) electrons. The predicted molar refractivity (Wildman–Crippen MR) is 129 cm³/mol. The second kappa shape index (κ2) is 9.74. The Balaban J connectivity index is 1.71. The van der Waals surface area contributed by atoms with E-state index in [1.807, 2.05) is 25.1 Å². The van der Waals surface area contributed by atoms with Gasteiger partial charge in [0.05, 0.1) is 31.5 Å². The molecule has 0 saturated heterocycles. The minimum absolute atomic E-state index is 0.0321. The number of benzene rings is 2. The van der Waals surface area contributed by atoms with Crippen molar-refractivity contribution < 1.29 is 14.3 Å². The predicted octanol–water partition coefficient (Wildman–Crippen LogP) is 3.32. The van der Waals surface area contributed by atoms with Gasteiger partial charge in [0.2, 0.25) is 5.91 Å². The molecule has 0 atom stereocenters. The highest BCUT2D eigenvalue weighted by molar-refractivity contribution is 7.17. The number of nitrogens with one attached hydrogen (secondary N) is 1. The Morgan fingerprint density at radius 1 is 1.00 bits per heavy atom. The maximum absolute atomic E-state index is 13.3. The lowest BCUT2D eigenvalue weighted by molar-refractivity contribution is -0.116. The Morgan fingerprint density at radius 3 is 2.48 bits per heavy atom. The van der Waals surface area contributed by atoms with Crippen LogP contribution in [0.2, 0.25) is 0 Å². The summed E-state index contributed by atoms with van der Waals surface area (Å²) in [5, 5.41) is 4.54. The molecule has 4 rings (SSSR count). The third-order valence-electron chi connectivity index (χ3n) is 5.12. The Bertz CT molecular complexity index is 1420. The zero-order chi connectivity index (χ0) is 23.4. The number of para-hydroxylation sites is 3. The van der Waals surface area contributed by atoms with Gasteiger partial charge in [-0.15, -0.1) is 11.3 Å². The summed E-state index contributed by atoms with van der Waals surface area (Å²) in [7, 11) is 1.53. The van der Waals surface area contributed by atoms with Crippen molar-refractivity contribution in [2.24, 2.45) is 0 Å². The second-order valence-corrected chi connectivity index (χ2v) is 8.10. The highest BCUT2D eigenvalue weighted by Gasteiger charge is 2.18. The molecule has 0 saturated carbocycles. The van der Waals surface area contributed by atoms with Gasteiger partial charge in [0.1, 0.15) is 22.7 Å². The van der Waals surface area contributed by atoms with Crippen LogP contribution >= 0.6 is 11.3 Å². The number of aromatic nitrogens is 2. The molecule has 0 unspecified atom stereocenters. The molecule has 0 fully saturated rings. The molecular weight excluding hydrogens is 442 g/mol. The molecule has 0 aliphatic rings. The van der Waals surface area contributed by atoms with Crippen LogP contribution in [0.4, 0.5) is 5.69 Å². The molecule has 8 nitrogen and oxygen atoms in total. The fourth-order valence-corrected chi connectivity index (χ4v) is 4.46. The average Bonchev–Trinajstić information content (AvgIpc) is 3.31. The molecule has 4 aromatic rings. The van der Waals surface area contributed by atoms with Crippen LogP contribution in [0, 0.1) is 0 Å². The van der Waals surface area contributed by atoms with E-state index in [0.717, 1.165) is 4.57 Å². The molecule has 1 amide bonds. The van der Waals surface area contributed by atoms with E-state index in [9.17, 15) is 14.4 Å². The van der Waals surface area contributed by atoms with Crippen molar-refractivity contribution in [3.8, 4) is 11.5 Å². The molecule has 2 aromatic carbocycles. The first-order valence-electron chi connectivity index (χ1n) is 10.4. The highest BCUT2D eigenvalue weighted by Crippen LogP contribution is 2.24. The van der Waals surface area contributed by atoms with Gasteiger partial charge < -0.3 is 14.8 Å². The van der Waals surface area contributed by atoms with Gasteiger partial charge in [0.15, 0.2) is 0 Å². The normalized spacial score (nSPS) is 10.8. The van der Waals surface area contributed by atoms with Crippen LogP contribution in [-0.2, 0) is 17.9 Å². The Hall–Kier alpha value is -3.85. The lowest BCUT2D eigenvalue weighted by Gasteiger charge is -2.15. The molecule has 9 heteroatoms. The van der Waals surface area contributed by atoms with Gasteiger partial charge in [-0.05, 0) is 36.6 Å². The Morgan fingerprint density at radius 2 is 1.73 bits per heavy atom. The molecule has 33 heavy (non-hydrogen) atoms. The van der Waals surface area contributed by atoms with Crippen molar-refractivity contribution in [3.05, 3.63) is 86.4 Å². The number of hydrogen-bond acceptors (Lipinski definition) is 6. The van der Waals surface area contributed by atoms with Gasteiger partial charge in [-0.25, -0.2) is 4.79 Å². The number of carbonyl (C=O) groups is 1. The molecule has 0 aliphatic carbocycles. The quantitative estimate of drug-likeness (QED) is 0.431. The number of thiophene rings is 1. The largest absolute Gasteiger partial charge is 0.496 e. The lowest BCUT2D eigenvalue weighted by atomic mass is 10.2. The Labute approximate surface area is 193 Å². The monoisotopic (exact) mass is 465 g/mol. The minimum atomic E-state index is -0.565. The molecule has 170 valence electrons. The van der Waals surface area contributed by atoms with Crippen LogP contribution in [0.3, 0.4) is 0 Å². The van der Waals surface area contributed by atoms with Crippen LogP contribution in [0.1, 0.15) is 12.5 Å². The summed E-state index contributed by atoms with van der Waals surface area (Å²) in [5.41, 5.74) is 0.678. The molecule has 0 spiro atoms. The number of ether oxygens (including phenoxy) is 2. The molecular formula is C24H23N3O5S. The summed E-state index contributed by atoms with van der Waals surface area (Å²) in [4.78, 5) is 39.3. The van der Waals surface area contributed by atoms with Crippen molar-refractivity contribution in [2.75, 3.05) is 19.0 Å². The van der Waals surface area contributed by atoms with Crippen LogP contribution < -0.4 is 26.0 Å². The van der Waals surface area contributed by atoms with Crippen LogP contribution in [-0.4, -0.2) is 28.8 Å². The number of rotatable bonds is 8. The van der Waals surface area contributed by atoms with E-state index >= 15 is 0 Å². The molecule has 0 bridgehead atoms. The number of anilines is 1. The van der Waals surface area contributed by atoms with Crippen LogP contribution in [0.15, 0.2) is 69.6 Å². The van der Waals surface area contributed by atoms with Crippen molar-refractivity contribution in [2.45, 2.75) is 20.0 Å². The SMILES string of the molecule is CCOc1ccccc1NC(=O)Cn1c(=O)n(Cc2ccccc2OC)c(=O)c2sccc21. The topological polar surface area (TPSA) is 91.6 Å². The number of methoxy groups -OCH3 is 1. The lowest BCUT2D eigenvalue weighted by Crippen LogP contribution is -2.41. The minimum Gasteiger partial charge on any atom is -0.496 e. The van der Waals surface area contributed by atoms with Crippen LogP contribution in [0.25, 0.3) is 10.2 Å². The fraction of sp³-hybridized carbons (Fsp3) is 0.208. The van der Waals surface area contributed by atoms with Gasteiger partial charge in [0, 0.05) is 5.56 Å². The fourth-order valence-electron chi connectivity index (χ4n) is 3.61. The first kappa shape index (κ1) is 22.3. The summed E-state index contributed by atoms with van der Waals surface area (Å²) in [6, 6.07) is 16.0. The van der Waals surface area contributed by atoms with Crippen LogP contribution in [0.5, 0.6) is 11.5 Å². The number of carbonyl (C=O) groups excluding carboxylic acids is 1. The summed E-state index contributed by atoms with van der Waals surface area (Å²) in [5.74, 6) is 0.716. The number of fused-ring (bicyclic) bond motifs is 1. The number of nitrogens with zero attached hydrogens (tertiary/aromatic N) is 2. The highest BCUT2D eigenvalue weighted by atomic mass is 32.1. The maximum atomic E-state index is 13.3. The van der Waals surface area contributed by atoms with E-state index in [2.05, 4.69) is 5.32 Å². The van der Waals surface area contributed by atoms with Gasteiger partial charge >= 0.3 is 5.69 Å². The summed E-state index contributed by atoms with van der Waals surface area (Å²) < 4.78 is 13.8. The first-order chi connectivity index (χ1) is 16.0. The van der Waals surface area contributed by atoms with Crippen molar-refractivity contribution in [3.63, 3.8) is 0 Å². The van der Waals surface area contributed by atoms with Crippen molar-refractivity contribution >= 4 is 33.1 Å². The summed E-state index contributed by atoms with van der Waals surface area (Å²) >= 11 is 1.24. The summed E-state index contributed by atoms with van der Waals surface area (Å²) in [6.07, 6.45) is 0. The first-order valence-corrected chi connectivity index (χ1v) is 11.3. The van der Waals surface area contributed by atoms with E-state index < -0.39 is 17.2 Å². The van der Waals surface area contributed by atoms with Gasteiger partial charge in [-0.2, -0.15) is 0 Å². The maximum Gasteiger partial charge on any atom is 0.332 e. The van der Waals surface area contributed by atoms with Crippen molar-refractivity contribution in [1.82, 2.24) is 9.13 Å². The van der Waals surface area contributed by atoms with Gasteiger partial charge in [0.25, 0.3) is 5.56 Å². The van der Waals surface area contributed by atoms with Crippen molar-refractivity contribution in [1.29, 1.82) is 0 Å².